The van der Waals surface area contributed by atoms with Crippen molar-refractivity contribution < 1.29 is 13.7 Å². The van der Waals surface area contributed by atoms with Crippen LogP contribution in [0.1, 0.15) is 98.3 Å². The highest BCUT2D eigenvalue weighted by Crippen LogP contribution is 2.54. The van der Waals surface area contributed by atoms with Crippen LogP contribution in [0.4, 0.5) is 34.1 Å². The molecule has 0 amide bonds. The first-order valence-electron chi connectivity index (χ1n) is 35.8. The lowest BCUT2D eigenvalue weighted by Crippen LogP contribution is -2.61. The van der Waals surface area contributed by atoms with E-state index in [0.717, 1.165) is 99.6 Å². The Balaban J connectivity index is 1.17. The molecule has 0 radical (unpaired) electrons. The molecule has 0 bridgehead atoms. The molecule has 2 aliphatic rings. The maximum absolute atomic E-state index is 12.3. The SMILES string of the molecule is [2H]c1c([2H])c([2H])c(-c2ccc3c(c2)N(c2cccc(-n4c5ccccc5c5ccccc54)c2C#N)c2cc(-c4cc(C(C)(C)C)cc(C(C)(C)C)c4)cc4c2B3c2ccc(-c3c([2H])c([2H])c([2H])c([2H])c3[2H])cc2N4c2c(-c3ccccc3)cc(C(C)(C)C)cc2-c2ccccc2)c([2H])c1[2H]. The number of rotatable bonds is 8. The van der Waals surface area contributed by atoms with Gasteiger partial charge in [0.25, 0.3) is 6.71 Å². The van der Waals surface area contributed by atoms with Gasteiger partial charge in [0.2, 0.25) is 0 Å². The van der Waals surface area contributed by atoms with Crippen molar-refractivity contribution in [3.8, 4) is 67.4 Å². The van der Waals surface area contributed by atoms with Crippen LogP contribution in [0.15, 0.2) is 267 Å². The molecule has 0 saturated carbocycles. The fraction of sp³-hybridized carbons (Fsp3) is 0.141. The molecule has 90 heavy (non-hydrogen) atoms. The summed E-state index contributed by atoms with van der Waals surface area (Å²) < 4.78 is 93.7. The van der Waals surface area contributed by atoms with Crippen molar-refractivity contribution in [2.24, 2.45) is 0 Å². The summed E-state index contributed by atoms with van der Waals surface area (Å²) in [7, 11) is 0. The highest BCUT2D eigenvalue weighted by molar-refractivity contribution is 7.00. The van der Waals surface area contributed by atoms with E-state index in [9.17, 15) is 10.7 Å². The molecule has 0 atom stereocenters. The minimum atomic E-state index is -0.661. The van der Waals surface area contributed by atoms with Gasteiger partial charge in [-0.15, -0.1) is 0 Å². The van der Waals surface area contributed by atoms with Crippen LogP contribution in [0, 0.1) is 11.3 Å². The standard InChI is InChI=1S/C85H71BN4/c1-83(2,3)63-45-61(46-64(51-63)84(4,5)6)62-49-79-81-80(50-62)90(82-68(57-31-18-12-19-32-57)52-65(85(7,8)9)53-69(82)58-33-20-13-21-34-58)78-48-60(56-29-16-11-17-30-56)42-44-72(78)86(81)71-43-41-59(55-27-14-10-15-28-55)47-77(71)89(79)76-40-26-39-75(70(76)54-87)88-73-37-24-22-35-66(73)67-36-23-25-38-74(67)88/h10-53H,1-9H3/i10D,11D,14D,15D,16D,17D,27D,28D,29D,30D. The summed E-state index contributed by atoms with van der Waals surface area (Å²) in [5.41, 5.74) is 17.9. The average molecular weight is 1170 g/mol. The predicted octanol–water partition coefficient (Wildman–Crippen LogP) is 21.0. The predicted molar refractivity (Wildman–Crippen MR) is 383 cm³/mol. The minimum absolute atomic E-state index is 0.0151. The quantitative estimate of drug-likeness (QED) is 0.142. The number of anilines is 6. The van der Waals surface area contributed by atoms with E-state index in [1.54, 1.807) is 0 Å². The maximum Gasteiger partial charge on any atom is 0.252 e. The number of hydrogen-bond acceptors (Lipinski definition) is 3. The Morgan fingerprint density at radius 3 is 1.27 bits per heavy atom. The van der Waals surface area contributed by atoms with Gasteiger partial charge in [-0.1, -0.05) is 268 Å². The molecule has 4 nitrogen and oxygen atoms in total. The fourth-order valence-electron chi connectivity index (χ4n) is 13.6. The zero-order chi connectivity index (χ0) is 70.5. The number of aromatic nitrogens is 1. The summed E-state index contributed by atoms with van der Waals surface area (Å²) >= 11 is 0. The summed E-state index contributed by atoms with van der Waals surface area (Å²) in [6.07, 6.45) is 0. The van der Waals surface area contributed by atoms with Crippen molar-refractivity contribution in [1.82, 2.24) is 4.57 Å². The zero-order valence-electron chi connectivity index (χ0n) is 62.0. The van der Waals surface area contributed by atoms with Crippen LogP contribution in [0.2, 0.25) is 0 Å². The molecule has 0 unspecified atom stereocenters. The van der Waals surface area contributed by atoms with Crippen molar-refractivity contribution in [3.05, 3.63) is 289 Å². The summed E-state index contributed by atoms with van der Waals surface area (Å²) in [6.45, 7) is 19.3. The van der Waals surface area contributed by atoms with Gasteiger partial charge in [0, 0.05) is 44.6 Å². The first kappa shape index (κ1) is 45.8. The Hall–Kier alpha value is -10.4. The second kappa shape index (κ2) is 21.4. The molecular weight excluding hydrogens is 1090 g/mol. The molecule has 1 aromatic heterocycles. The van der Waals surface area contributed by atoms with Crippen LogP contribution < -0.4 is 26.2 Å². The second-order valence-electron chi connectivity index (χ2n) is 26.9. The summed E-state index contributed by atoms with van der Waals surface area (Å²) in [5, 5.41) is 14.3. The van der Waals surface area contributed by atoms with Crippen molar-refractivity contribution in [3.63, 3.8) is 0 Å². The van der Waals surface area contributed by atoms with Gasteiger partial charge in [-0.2, -0.15) is 5.26 Å². The maximum atomic E-state index is 12.3. The van der Waals surface area contributed by atoms with Crippen LogP contribution >= 0.6 is 0 Å². The van der Waals surface area contributed by atoms with E-state index in [4.69, 9.17) is 8.22 Å². The van der Waals surface area contributed by atoms with Gasteiger partial charge in [-0.25, -0.2) is 0 Å². The van der Waals surface area contributed by atoms with Gasteiger partial charge < -0.3 is 14.4 Å². The van der Waals surface area contributed by atoms with E-state index in [-0.39, 0.29) is 51.5 Å². The minimum Gasteiger partial charge on any atom is -0.310 e. The van der Waals surface area contributed by atoms with Gasteiger partial charge in [0.1, 0.15) is 11.6 Å². The lowest BCUT2D eigenvalue weighted by atomic mass is 9.33. The fourth-order valence-corrected chi connectivity index (χ4v) is 13.6. The molecule has 0 aliphatic carbocycles. The molecule has 5 heteroatoms. The third-order valence-electron chi connectivity index (χ3n) is 18.2. The van der Waals surface area contributed by atoms with E-state index in [1.165, 1.54) is 0 Å². The Morgan fingerprint density at radius 1 is 0.356 bits per heavy atom. The lowest BCUT2D eigenvalue weighted by Gasteiger charge is -2.46. The molecule has 0 fully saturated rings. The third kappa shape index (κ3) is 9.44. The topological polar surface area (TPSA) is 35.2 Å². The van der Waals surface area contributed by atoms with Gasteiger partial charge in [-0.3, -0.25) is 0 Å². The first-order chi connectivity index (χ1) is 47.7. The van der Waals surface area contributed by atoms with Crippen molar-refractivity contribution >= 4 is 79.0 Å². The third-order valence-corrected chi connectivity index (χ3v) is 18.2. The van der Waals surface area contributed by atoms with Crippen LogP contribution in [-0.4, -0.2) is 11.3 Å². The zero-order valence-corrected chi connectivity index (χ0v) is 52.0. The lowest BCUT2D eigenvalue weighted by molar-refractivity contribution is 0.569. The Morgan fingerprint density at radius 2 is 0.778 bits per heavy atom. The number of benzene rings is 12. The number of hydrogen-bond donors (Lipinski definition) is 0. The average Bonchev–Trinajstić information content (AvgIpc) is 0.793. The molecule has 0 N–H and O–H groups in total. The Labute approximate surface area is 544 Å². The van der Waals surface area contributed by atoms with Crippen molar-refractivity contribution in [1.29, 1.82) is 5.26 Å². The summed E-state index contributed by atoms with van der Waals surface area (Å²) in [4.78, 5) is 4.50. The van der Waals surface area contributed by atoms with Gasteiger partial charge in [0.15, 0.2) is 0 Å². The molecular formula is C85H71BN4. The van der Waals surface area contributed by atoms with E-state index in [2.05, 4.69) is 174 Å². The van der Waals surface area contributed by atoms with E-state index in [0.29, 0.717) is 45.1 Å². The van der Waals surface area contributed by atoms with Crippen molar-refractivity contribution in [2.75, 3.05) is 9.80 Å². The normalized spacial score (nSPS) is 14.4. The van der Waals surface area contributed by atoms with Crippen LogP contribution in [-0.2, 0) is 16.2 Å². The van der Waals surface area contributed by atoms with E-state index in [1.807, 2.05) is 115 Å². The van der Waals surface area contributed by atoms with Crippen LogP contribution in [0.5, 0.6) is 0 Å². The van der Waals surface area contributed by atoms with Gasteiger partial charge >= 0.3 is 0 Å². The molecule has 0 spiro atoms. The second-order valence-corrected chi connectivity index (χ2v) is 26.9. The largest absolute Gasteiger partial charge is 0.310 e. The molecule has 0 saturated heterocycles. The van der Waals surface area contributed by atoms with Crippen LogP contribution in [0.25, 0.3) is 83.1 Å². The molecule has 434 valence electrons. The summed E-state index contributed by atoms with van der Waals surface area (Å²) in [5.74, 6) is 0. The van der Waals surface area contributed by atoms with E-state index >= 15 is 0 Å². The smallest absolute Gasteiger partial charge is 0.252 e. The highest BCUT2D eigenvalue weighted by Gasteiger charge is 2.46. The van der Waals surface area contributed by atoms with Crippen molar-refractivity contribution in [2.45, 2.75) is 78.6 Å². The molecule has 12 aromatic carbocycles. The monoisotopic (exact) mass is 1170 g/mol. The molecule has 13 aromatic rings. The Bertz CT molecular complexity index is 5460. The first-order valence-corrected chi connectivity index (χ1v) is 30.8. The number of nitriles is 1. The van der Waals surface area contributed by atoms with Crippen LogP contribution in [0.3, 0.4) is 0 Å². The molecule has 2 aliphatic heterocycles. The molecule has 3 heterocycles. The molecule has 15 rings (SSSR count). The summed E-state index contributed by atoms with van der Waals surface area (Å²) in [6, 6.07) is 69.1. The number of nitrogens with zero attached hydrogens (tertiary/aromatic N) is 4. The van der Waals surface area contributed by atoms with Gasteiger partial charge in [0.05, 0.1) is 41.8 Å². The number of fused-ring (bicyclic) bond motifs is 7. The van der Waals surface area contributed by atoms with E-state index < -0.39 is 43.0 Å². The van der Waals surface area contributed by atoms with Gasteiger partial charge in [-0.05, 0) is 154 Å². The highest BCUT2D eigenvalue weighted by atomic mass is 15.2. The Kier molecular flexibility index (Phi) is 10.9. The number of para-hydroxylation sites is 2.